The van der Waals surface area contributed by atoms with Crippen LogP contribution in [-0.4, -0.2) is 31.2 Å². The molecule has 1 amide bonds. The number of carbonyl (C=O) groups excluding carboxylic acids is 1. The zero-order valence-electron chi connectivity index (χ0n) is 15.1. The van der Waals surface area contributed by atoms with Crippen LogP contribution in [0, 0.1) is 29.6 Å². The van der Waals surface area contributed by atoms with Crippen molar-refractivity contribution >= 4 is 11.9 Å². The number of nitrogens with one attached hydrogen (secondary N) is 1. The highest BCUT2D eigenvalue weighted by atomic mass is 16.5. The van der Waals surface area contributed by atoms with E-state index in [1.807, 2.05) is 0 Å². The van der Waals surface area contributed by atoms with Crippen molar-refractivity contribution in [1.82, 2.24) is 5.32 Å². The zero-order chi connectivity index (χ0) is 18.4. The molecular formula is C20H25NO5. The number of carboxylic acid groups (broad SMARTS) is 1. The van der Waals surface area contributed by atoms with Crippen molar-refractivity contribution in [2.75, 3.05) is 14.2 Å². The second-order valence-electron chi connectivity index (χ2n) is 7.78. The van der Waals surface area contributed by atoms with Crippen molar-refractivity contribution in [2.45, 2.75) is 31.7 Å². The summed E-state index contributed by atoms with van der Waals surface area (Å²) in [5, 5.41) is 12.3. The molecule has 0 saturated heterocycles. The summed E-state index contributed by atoms with van der Waals surface area (Å²) in [5.74, 6) is 2.72. The number of carbonyl (C=O) groups is 2. The molecule has 1 aromatic rings. The topological polar surface area (TPSA) is 84.9 Å². The van der Waals surface area contributed by atoms with Gasteiger partial charge in [0.25, 0.3) is 0 Å². The van der Waals surface area contributed by atoms with E-state index in [2.05, 4.69) is 5.32 Å². The molecule has 140 valence electrons. The van der Waals surface area contributed by atoms with E-state index in [1.54, 1.807) is 25.3 Å². The second kappa shape index (κ2) is 6.49. The number of amides is 1. The molecular weight excluding hydrogens is 334 g/mol. The summed E-state index contributed by atoms with van der Waals surface area (Å²) in [6.45, 7) is 0. The third kappa shape index (κ3) is 2.81. The quantitative estimate of drug-likeness (QED) is 0.782. The number of aliphatic carboxylic acids is 1. The highest BCUT2D eigenvalue weighted by Gasteiger charge is 2.67. The predicted molar refractivity (Wildman–Crippen MR) is 94.0 cm³/mol. The fourth-order valence-corrected chi connectivity index (χ4v) is 5.46. The smallest absolute Gasteiger partial charge is 0.305 e. The van der Waals surface area contributed by atoms with Gasteiger partial charge in [-0.15, -0.1) is 0 Å². The SMILES string of the molecule is COc1ccc(C(CC(=O)O)NC(=O)C2C3C4CCC(C4)C23)c(OC)c1. The van der Waals surface area contributed by atoms with Crippen LogP contribution in [0.4, 0.5) is 0 Å². The van der Waals surface area contributed by atoms with Gasteiger partial charge in [0.2, 0.25) is 5.91 Å². The van der Waals surface area contributed by atoms with Crippen molar-refractivity contribution in [3.8, 4) is 11.5 Å². The number of benzene rings is 1. The first-order valence-corrected chi connectivity index (χ1v) is 9.27. The molecule has 1 aromatic carbocycles. The maximum absolute atomic E-state index is 12.9. The van der Waals surface area contributed by atoms with E-state index in [1.165, 1.54) is 26.4 Å². The van der Waals surface area contributed by atoms with Gasteiger partial charge in [0, 0.05) is 17.5 Å². The van der Waals surface area contributed by atoms with Crippen LogP contribution < -0.4 is 14.8 Å². The molecule has 0 radical (unpaired) electrons. The number of rotatable bonds is 7. The van der Waals surface area contributed by atoms with Crippen molar-refractivity contribution in [2.24, 2.45) is 29.6 Å². The van der Waals surface area contributed by atoms with E-state index in [-0.39, 0.29) is 18.2 Å². The molecule has 3 aliphatic carbocycles. The lowest BCUT2D eigenvalue weighted by atomic mass is 9.99. The van der Waals surface area contributed by atoms with Gasteiger partial charge in [0.15, 0.2) is 0 Å². The van der Waals surface area contributed by atoms with E-state index >= 15 is 0 Å². The molecule has 0 spiro atoms. The Hall–Kier alpha value is -2.24. The molecule has 4 rings (SSSR count). The number of fused-ring (bicyclic) bond motifs is 5. The molecule has 0 aromatic heterocycles. The van der Waals surface area contributed by atoms with E-state index in [0.29, 0.717) is 40.7 Å². The molecule has 26 heavy (non-hydrogen) atoms. The first-order valence-electron chi connectivity index (χ1n) is 9.27. The average Bonchev–Trinajstić information content (AvgIpc) is 3.08. The van der Waals surface area contributed by atoms with Crippen LogP contribution in [0.15, 0.2) is 18.2 Å². The zero-order valence-corrected chi connectivity index (χ0v) is 15.1. The molecule has 2 N–H and O–H groups in total. The minimum atomic E-state index is -0.954. The summed E-state index contributed by atoms with van der Waals surface area (Å²) in [6.07, 6.45) is 3.61. The number of methoxy groups -OCH3 is 2. The fourth-order valence-electron chi connectivity index (χ4n) is 5.46. The van der Waals surface area contributed by atoms with Gasteiger partial charge < -0.3 is 19.9 Å². The summed E-state index contributed by atoms with van der Waals surface area (Å²) < 4.78 is 10.6. The number of hydrogen-bond donors (Lipinski definition) is 2. The summed E-state index contributed by atoms with van der Waals surface area (Å²) >= 11 is 0. The molecule has 6 nitrogen and oxygen atoms in total. The van der Waals surface area contributed by atoms with E-state index < -0.39 is 12.0 Å². The molecule has 5 unspecified atom stereocenters. The fraction of sp³-hybridized carbons (Fsp3) is 0.600. The maximum Gasteiger partial charge on any atom is 0.305 e. The van der Waals surface area contributed by atoms with Crippen molar-refractivity contribution in [1.29, 1.82) is 0 Å². The lowest BCUT2D eigenvalue weighted by molar-refractivity contribution is -0.137. The molecule has 5 atom stereocenters. The first-order chi connectivity index (χ1) is 12.5. The van der Waals surface area contributed by atoms with Crippen LogP contribution in [0.2, 0.25) is 0 Å². The summed E-state index contributed by atoms with van der Waals surface area (Å²) in [7, 11) is 3.09. The summed E-state index contributed by atoms with van der Waals surface area (Å²) in [5.41, 5.74) is 0.665. The highest BCUT2D eigenvalue weighted by Crippen LogP contribution is 2.69. The van der Waals surface area contributed by atoms with Gasteiger partial charge in [0.1, 0.15) is 11.5 Å². The van der Waals surface area contributed by atoms with Gasteiger partial charge in [-0.25, -0.2) is 0 Å². The maximum atomic E-state index is 12.9. The third-order valence-electron chi connectivity index (χ3n) is 6.55. The monoisotopic (exact) mass is 359 g/mol. The predicted octanol–water partition coefficient (Wildman–Crippen LogP) is 2.63. The normalized spacial score (nSPS) is 31.8. The van der Waals surface area contributed by atoms with Gasteiger partial charge >= 0.3 is 5.97 Å². The van der Waals surface area contributed by atoms with E-state index in [0.717, 1.165) is 0 Å². The van der Waals surface area contributed by atoms with Gasteiger partial charge in [-0.3, -0.25) is 9.59 Å². The van der Waals surface area contributed by atoms with Gasteiger partial charge in [-0.1, -0.05) is 0 Å². The average molecular weight is 359 g/mol. The van der Waals surface area contributed by atoms with Crippen molar-refractivity contribution < 1.29 is 24.2 Å². The lowest BCUT2D eigenvalue weighted by Crippen LogP contribution is -2.33. The number of carboxylic acids is 1. The Morgan fingerprint density at radius 2 is 1.88 bits per heavy atom. The summed E-state index contributed by atoms with van der Waals surface area (Å²) in [4.78, 5) is 24.2. The van der Waals surface area contributed by atoms with E-state index in [4.69, 9.17) is 9.47 Å². The van der Waals surface area contributed by atoms with Crippen molar-refractivity contribution in [3.05, 3.63) is 23.8 Å². The van der Waals surface area contributed by atoms with E-state index in [9.17, 15) is 14.7 Å². The Balaban J connectivity index is 1.52. The third-order valence-corrected chi connectivity index (χ3v) is 6.55. The molecule has 0 aliphatic heterocycles. The molecule has 6 heteroatoms. The largest absolute Gasteiger partial charge is 0.497 e. The summed E-state index contributed by atoms with van der Waals surface area (Å²) in [6, 6.07) is 4.62. The van der Waals surface area contributed by atoms with Crippen LogP contribution >= 0.6 is 0 Å². The lowest BCUT2D eigenvalue weighted by Gasteiger charge is -2.21. The highest BCUT2D eigenvalue weighted by molar-refractivity contribution is 5.84. The number of hydrogen-bond acceptors (Lipinski definition) is 4. The second-order valence-corrected chi connectivity index (χ2v) is 7.78. The first kappa shape index (κ1) is 17.2. The minimum Gasteiger partial charge on any atom is -0.497 e. The molecule has 3 aliphatic rings. The van der Waals surface area contributed by atoms with Crippen molar-refractivity contribution in [3.63, 3.8) is 0 Å². The van der Waals surface area contributed by atoms with Crippen LogP contribution in [-0.2, 0) is 9.59 Å². The van der Waals surface area contributed by atoms with Gasteiger partial charge in [0.05, 0.1) is 26.7 Å². The van der Waals surface area contributed by atoms with Crippen LogP contribution in [0.1, 0.15) is 37.3 Å². The molecule has 2 bridgehead atoms. The van der Waals surface area contributed by atoms with Crippen LogP contribution in [0.5, 0.6) is 11.5 Å². The Labute approximate surface area is 152 Å². The number of ether oxygens (including phenoxy) is 2. The Kier molecular flexibility index (Phi) is 4.29. The van der Waals surface area contributed by atoms with Gasteiger partial charge in [-0.2, -0.15) is 0 Å². The van der Waals surface area contributed by atoms with Gasteiger partial charge in [-0.05, 0) is 55.1 Å². The molecule has 0 heterocycles. The Morgan fingerprint density at radius 1 is 1.19 bits per heavy atom. The van der Waals surface area contributed by atoms with Crippen LogP contribution in [0.25, 0.3) is 0 Å². The Morgan fingerprint density at radius 3 is 2.46 bits per heavy atom. The molecule has 3 saturated carbocycles. The standard InChI is InChI=1S/C20H25NO5/c1-25-12-5-6-13(15(8-12)26-2)14(9-16(22)23)21-20(24)19-17-10-3-4-11(7-10)18(17)19/h5-6,8,10-11,14,17-19H,3-4,7,9H2,1-2H3,(H,21,24)(H,22,23). The van der Waals surface area contributed by atoms with Crippen LogP contribution in [0.3, 0.4) is 0 Å². The minimum absolute atomic E-state index is 0.000668. The molecule has 3 fully saturated rings. The Bertz CT molecular complexity index is 717.